The maximum atomic E-state index is 13.3. The van der Waals surface area contributed by atoms with Gasteiger partial charge in [0.1, 0.15) is 18.5 Å². The Kier molecular flexibility index (Phi) is 4.94. The molecule has 2 aromatic carbocycles. The summed E-state index contributed by atoms with van der Waals surface area (Å²) in [7, 11) is 1.66. The molecular weight excluding hydrogens is 370 g/mol. The average Bonchev–Trinajstić information content (AvgIpc) is 3.10. The number of benzene rings is 2. The molecule has 29 heavy (non-hydrogen) atoms. The van der Waals surface area contributed by atoms with Crippen LogP contribution in [0.5, 0.6) is 5.75 Å². The summed E-state index contributed by atoms with van der Waals surface area (Å²) in [5, 5.41) is 19.4. The van der Waals surface area contributed by atoms with E-state index in [9.17, 15) is 9.90 Å². The summed E-state index contributed by atoms with van der Waals surface area (Å²) >= 11 is 0. The number of aliphatic hydroxyl groups excluding tert-OH is 2. The van der Waals surface area contributed by atoms with Gasteiger partial charge in [0, 0.05) is 34.7 Å². The van der Waals surface area contributed by atoms with Gasteiger partial charge in [-0.1, -0.05) is 26.0 Å². The fourth-order valence-corrected chi connectivity index (χ4v) is 4.05. The number of ketones is 1. The van der Waals surface area contributed by atoms with E-state index in [4.69, 9.17) is 14.6 Å². The Morgan fingerprint density at radius 1 is 1.17 bits per heavy atom. The first-order valence-corrected chi connectivity index (χ1v) is 9.61. The van der Waals surface area contributed by atoms with Crippen LogP contribution >= 0.6 is 0 Å². The van der Waals surface area contributed by atoms with Gasteiger partial charge in [0.2, 0.25) is 0 Å². The lowest BCUT2D eigenvalue weighted by Gasteiger charge is -2.32. The van der Waals surface area contributed by atoms with Gasteiger partial charge >= 0.3 is 0 Å². The topological polar surface area (TPSA) is 91.8 Å². The monoisotopic (exact) mass is 395 g/mol. The van der Waals surface area contributed by atoms with Crippen LogP contribution in [0.4, 0.5) is 0 Å². The van der Waals surface area contributed by atoms with Crippen molar-refractivity contribution in [1.29, 1.82) is 0 Å². The zero-order valence-corrected chi connectivity index (χ0v) is 16.8. The van der Waals surface area contributed by atoms with Crippen LogP contribution in [0.1, 0.15) is 46.6 Å². The predicted octanol–water partition coefficient (Wildman–Crippen LogP) is 2.92. The summed E-state index contributed by atoms with van der Waals surface area (Å²) in [5.74, 6) is 0.543. The SMILES string of the molecule is COCc1ccc2c3c([nH]c2c1)C(C)(C)c1cc(OC[C@@H](O)CO)ccc1C3=O. The van der Waals surface area contributed by atoms with Gasteiger partial charge in [-0.15, -0.1) is 0 Å². The highest BCUT2D eigenvalue weighted by atomic mass is 16.5. The average molecular weight is 395 g/mol. The van der Waals surface area contributed by atoms with Crippen molar-refractivity contribution < 1.29 is 24.5 Å². The minimum absolute atomic E-state index is 0.0103. The van der Waals surface area contributed by atoms with Gasteiger partial charge in [-0.05, 0) is 35.4 Å². The molecule has 0 bridgehead atoms. The van der Waals surface area contributed by atoms with Crippen molar-refractivity contribution in [1.82, 2.24) is 4.98 Å². The Hall–Kier alpha value is -2.67. The lowest BCUT2D eigenvalue weighted by molar-refractivity contribution is 0.0535. The summed E-state index contributed by atoms with van der Waals surface area (Å²) in [6.07, 6.45) is -0.942. The molecule has 6 nitrogen and oxygen atoms in total. The molecule has 0 unspecified atom stereocenters. The summed E-state index contributed by atoms with van der Waals surface area (Å²) in [6.45, 7) is 4.30. The number of hydrogen-bond donors (Lipinski definition) is 3. The quantitative estimate of drug-likeness (QED) is 0.597. The van der Waals surface area contributed by atoms with Crippen molar-refractivity contribution in [3.8, 4) is 5.75 Å². The number of carbonyl (C=O) groups excluding carboxylic acids is 1. The van der Waals surface area contributed by atoms with Crippen molar-refractivity contribution in [2.24, 2.45) is 0 Å². The molecule has 0 saturated carbocycles. The summed E-state index contributed by atoms with van der Waals surface area (Å²) < 4.78 is 10.8. The third kappa shape index (κ3) is 3.23. The van der Waals surface area contributed by atoms with E-state index in [1.54, 1.807) is 19.2 Å². The third-order valence-electron chi connectivity index (χ3n) is 5.59. The molecule has 3 aromatic rings. The van der Waals surface area contributed by atoms with Crippen LogP contribution in [0.15, 0.2) is 36.4 Å². The summed E-state index contributed by atoms with van der Waals surface area (Å²) in [4.78, 5) is 16.8. The van der Waals surface area contributed by atoms with Crippen LogP contribution in [0.2, 0.25) is 0 Å². The van der Waals surface area contributed by atoms with Crippen LogP contribution in [-0.2, 0) is 16.8 Å². The van der Waals surface area contributed by atoms with E-state index in [0.29, 0.717) is 23.5 Å². The number of H-pyrrole nitrogens is 1. The maximum absolute atomic E-state index is 13.3. The fraction of sp³-hybridized carbons (Fsp3) is 0.348. The second-order valence-corrected chi connectivity index (χ2v) is 8.00. The Labute approximate surface area is 169 Å². The number of nitrogens with one attached hydrogen (secondary N) is 1. The van der Waals surface area contributed by atoms with Gasteiger partial charge in [-0.2, -0.15) is 0 Å². The zero-order chi connectivity index (χ0) is 20.8. The van der Waals surface area contributed by atoms with Crippen molar-refractivity contribution in [2.45, 2.75) is 32.0 Å². The number of hydrogen-bond acceptors (Lipinski definition) is 5. The number of aromatic nitrogens is 1. The summed E-state index contributed by atoms with van der Waals surface area (Å²) in [6, 6.07) is 11.3. The minimum Gasteiger partial charge on any atom is -0.491 e. The van der Waals surface area contributed by atoms with Crippen LogP contribution in [0.3, 0.4) is 0 Å². The highest BCUT2D eigenvalue weighted by Gasteiger charge is 2.39. The number of rotatable bonds is 6. The zero-order valence-electron chi connectivity index (χ0n) is 16.8. The molecule has 1 aromatic heterocycles. The van der Waals surface area contributed by atoms with Gasteiger partial charge in [0.15, 0.2) is 5.78 Å². The molecule has 0 aliphatic heterocycles. The number of aliphatic hydroxyl groups is 2. The molecule has 0 saturated heterocycles. The van der Waals surface area contributed by atoms with Crippen molar-refractivity contribution in [3.05, 3.63) is 64.3 Å². The minimum atomic E-state index is -0.942. The standard InChI is InChI=1S/C23H25NO5/c1-23(2)18-9-15(29-12-14(26)10-25)5-7-16(18)21(27)20-17-6-4-13(11-28-3)8-19(17)24-22(20)23/h4-9,14,24-26H,10-12H2,1-3H3/t14-/m0/s1. The second-order valence-electron chi connectivity index (χ2n) is 8.00. The van der Waals surface area contributed by atoms with Gasteiger partial charge in [0.05, 0.1) is 18.8 Å². The molecule has 4 rings (SSSR count). The van der Waals surface area contributed by atoms with E-state index < -0.39 is 11.5 Å². The van der Waals surface area contributed by atoms with Crippen LogP contribution < -0.4 is 4.74 Å². The molecule has 0 fully saturated rings. The summed E-state index contributed by atoms with van der Waals surface area (Å²) in [5.41, 5.74) is 4.64. The molecule has 6 heteroatoms. The first kappa shape index (κ1) is 19.6. The number of fused-ring (bicyclic) bond motifs is 4. The Morgan fingerprint density at radius 3 is 2.69 bits per heavy atom. The molecular formula is C23H25NO5. The molecule has 152 valence electrons. The largest absolute Gasteiger partial charge is 0.491 e. The van der Waals surface area contributed by atoms with E-state index >= 15 is 0 Å². The van der Waals surface area contributed by atoms with E-state index in [1.807, 2.05) is 24.3 Å². The fourth-order valence-electron chi connectivity index (χ4n) is 4.05. The van der Waals surface area contributed by atoms with Gasteiger partial charge in [0.25, 0.3) is 0 Å². The lowest BCUT2D eigenvalue weighted by Crippen LogP contribution is -2.30. The smallest absolute Gasteiger partial charge is 0.195 e. The van der Waals surface area contributed by atoms with Crippen molar-refractivity contribution >= 4 is 16.7 Å². The van der Waals surface area contributed by atoms with Crippen LogP contribution in [0, 0.1) is 0 Å². The molecule has 1 aliphatic carbocycles. The molecule has 1 atom stereocenters. The number of carbonyl (C=O) groups is 1. The van der Waals surface area contributed by atoms with Crippen LogP contribution in [0.25, 0.3) is 10.9 Å². The van der Waals surface area contributed by atoms with Gasteiger partial charge < -0.3 is 24.7 Å². The number of aromatic amines is 1. The van der Waals surface area contributed by atoms with Crippen LogP contribution in [-0.4, -0.2) is 47.4 Å². The highest BCUT2D eigenvalue weighted by molar-refractivity contribution is 6.20. The maximum Gasteiger partial charge on any atom is 0.195 e. The van der Waals surface area contributed by atoms with E-state index in [-0.39, 0.29) is 19.0 Å². The van der Waals surface area contributed by atoms with Crippen molar-refractivity contribution in [3.63, 3.8) is 0 Å². The van der Waals surface area contributed by atoms with Gasteiger partial charge in [-0.3, -0.25) is 4.79 Å². The normalized spacial score (nSPS) is 15.8. The van der Waals surface area contributed by atoms with Crippen molar-refractivity contribution in [2.75, 3.05) is 20.3 Å². The molecule has 0 spiro atoms. The Bertz CT molecular complexity index is 1080. The first-order chi connectivity index (χ1) is 13.9. The Morgan fingerprint density at radius 2 is 1.97 bits per heavy atom. The predicted molar refractivity (Wildman–Crippen MR) is 110 cm³/mol. The Balaban J connectivity index is 1.79. The molecule has 0 radical (unpaired) electrons. The third-order valence-corrected chi connectivity index (χ3v) is 5.59. The number of ether oxygens (including phenoxy) is 2. The van der Waals surface area contributed by atoms with E-state index in [2.05, 4.69) is 18.8 Å². The lowest BCUT2D eigenvalue weighted by atomic mass is 9.71. The number of methoxy groups -OCH3 is 1. The van der Waals surface area contributed by atoms with Gasteiger partial charge in [-0.25, -0.2) is 0 Å². The van der Waals surface area contributed by atoms with E-state index in [0.717, 1.165) is 27.7 Å². The first-order valence-electron chi connectivity index (χ1n) is 9.61. The highest BCUT2D eigenvalue weighted by Crippen LogP contribution is 2.44. The molecule has 1 aliphatic rings. The molecule has 3 N–H and O–H groups in total. The second kappa shape index (κ2) is 7.30. The molecule has 0 amide bonds. The van der Waals surface area contributed by atoms with E-state index in [1.165, 1.54) is 0 Å². The molecule has 1 heterocycles.